The van der Waals surface area contributed by atoms with E-state index in [1.54, 1.807) is 12.1 Å². The van der Waals surface area contributed by atoms with Crippen molar-refractivity contribution in [1.82, 2.24) is 0 Å². The Bertz CT molecular complexity index is 2610. The number of nitriles is 2. The van der Waals surface area contributed by atoms with Crippen molar-refractivity contribution in [2.24, 2.45) is 10.2 Å². The molecule has 2 atom stereocenters. The Labute approximate surface area is 304 Å². The zero-order chi connectivity index (χ0) is 42.4. The van der Waals surface area contributed by atoms with Crippen LogP contribution in [0.25, 0.3) is 21.5 Å². The van der Waals surface area contributed by atoms with E-state index in [1.165, 1.54) is 0 Å². The maximum atomic E-state index is 14.9. The van der Waals surface area contributed by atoms with Crippen molar-refractivity contribution in [3.8, 4) is 23.6 Å². The third kappa shape index (κ3) is 7.74. The van der Waals surface area contributed by atoms with E-state index in [-0.39, 0.29) is 6.07 Å². The van der Waals surface area contributed by atoms with E-state index >= 15 is 0 Å². The second-order valence-electron chi connectivity index (χ2n) is 11.9. The quantitative estimate of drug-likeness (QED) is 0.0298. The van der Waals surface area contributed by atoms with E-state index in [2.05, 4.69) is 19.7 Å². The fourth-order valence-corrected chi connectivity index (χ4v) is 5.59. The van der Waals surface area contributed by atoms with Crippen LogP contribution in [0.1, 0.15) is 39.5 Å². The van der Waals surface area contributed by atoms with E-state index < -0.39 is 167 Å². The number of hydrogen-bond acceptors (Lipinski definition) is 10. The molecule has 0 saturated heterocycles. The minimum absolute atomic E-state index is 0.0316. The molecule has 24 heteroatoms. The Kier molecular flexibility index (Phi) is 11.6. The van der Waals surface area contributed by atoms with Crippen LogP contribution in [0, 0.1) is 92.5 Å². The summed E-state index contributed by atoms with van der Waals surface area (Å²) in [5.74, 6) is -36.3. The summed E-state index contributed by atoms with van der Waals surface area (Å²) in [6, 6.07) is 3.08. The number of azo groups is 1. The van der Waals surface area contributed by atoms with Crippen molar-refractivity contribution in [2.75, 3.05) is 0 Å². The highest BCUT2D eigenvalue weighted by Crippen LogP contribution is 2.42. The zero-order valence-corrected chi connectivity index (χ0v) is 28.4. The summed E-state index contributed by atoms with van der Waals surface area (Å²) >= 11 is 0. The lowest BCUT2D eigenvalue weighted by Gasteiger charge is -2.19. The second kappa shape index (κ2) is 15.3. The highest BCUT2D eigenvalue weighted by atomic mass is 32.2. The molecule has 0 aliphatic heterocycles. The van der Waals surface area contributed by atoms with Gasteiger partial charge in [0.05, 0.1) is 28.3 Å². The van der Waals surface area contributed by atoms with Gasteiger partial charge in [-0.3, -0.25) is 14.1 Å². The fourth-order valence-electron chi connectivity index (χ4n) is 4.82. The molecular weight excluding hydrogens is 812 g/mol. The maximum Gasteiger partial charge on any atom is 0.311 e. The molecule has 0 spiro atoms. The molecule has 4 aromatic carbocycles. The van der Waals surface area contributed by atoms with E-state index in [0.717, 1.165) is 13.8 Å². The van der Waals surface area contributed by atoms with Gasteiger partial charge in [0.1, 0.15) is 4.90 Å². The van der Waals surface area contributed by atoms with Crippen LogP contribution in [0.3, 0.4) is 0 Å². The largest absolute Gasteiger partial charge is 0.422 e. The molecule has 0 aliphatic rings. The summed E-state index contributed by atoms with van der Waals surface area (Å²) in [5, 5.41) is 19.6. The molecule has 4 rings (SSSR count). The monoisotopic (exact) mass is 828 g/mol. The van der Waals surface area contributed by atoms with Gasteiger partial charge in [0.25, 0.3) is 10.1 Å². The third-order valence-corrected chi connectivity index (χ3v) is 8.72. The molecule has 1 N–H and O–H groups in total. The lowest BCUT2D eigenvalue weighted by Crippen LogP contribution is -2.26. The van der Waals surface area contributed by atoms with Crippen LogP contribution in [-0.2, 0) is 19.7 Å². The molecule has 0 amide bonds. The summed E-state index contributed by atoms with van der Waals surface area (Å²) in [6.45, 7) is 1.93. The molecular formula is C32H16F12N4O7S. The van der Waals surface area contributed by atoms with Gasteiger partial charge in [-0.25, -0.2) is 43.9 Å². The minimum atomic E-state index is -6.03. The van der Waals surface area contributed by atoms with Gasteiger partial charge in [-0.15, -0.1) is 0 Å². The second-order valence-corrected chi connectivity index (χ2v) is 13.2. The first-order valence-electron chi connectivity index (χ1n) is 14.8. The van der Waals surface area contributed by atoms with Crippen LogP contribution in [0.2, 0.25) is 0 Å². The predicted octanol–water partition coefficient (Wildman–Crippen LogP) is 8.00. The summed E-state index contributed by atoms with van der Waals surface area (Å²) < 4.78 is 213. The molecule has 0 radical (unpaired) electrons. The first kappa shape index (κ1) is 42.7. The molecule has 0 fully saturated rings. The highest BCUT2D eigenvalue weighted by Gasteiger charge is 2.37. The summed E-state index contributed by atoms with van der Waals surface area (Å²) in [5.41, 5.74) is -4.29. The van der Waals surface area contributed by atoms with Crippen LogP contribution < -0.4 is 9.47 Å². The van der Waals surface area contributed by atoms with Crippen molar-refractivity contribution in [3.05, 3.63) is 75.9 Å². The average Bonchev–Trinajstić information content (AvgIpc) is 3.14. The molecule has 4 aromatic rings. The smallest absolute Gasteiger partial charge is 0.311 e. The Morgan fingerprint density at radius 2 is 1.02 bits per heavy atom. The fraction of sp³-hybridized carbons (Fsp3) is 0.250. The molecule has 11 nitrogen and oxygen atoms in total. The first-order valence-corrected chi connectivity index (χ1v) is 16.2. The molecule has 296 valence electrons. The number of ether oxygens (including phenoxy) is 2. The molecule has 2 unspecified atom stereocenters. The van der Waals surface area contributed by atoms with Crippen molar-refractivity contribution >= 4 is 43.6 Å². The van der Waals surface area contributed by atoms with Gasteiger partial charge in [-0.2, -0.15) is 38.0 Å². The van der Waals surface area contributed by atoms with Crippen molar-refractivity contribution in [2.45, 2.75) is 55.5 Å². The predicted molar refractivity (Wildman–Crippen MR) is 160 cm³/mol. The van der Waals surface area contributed by atoms with Crippen molar-refractivity contribution in [1.29, 1.82) is 10.5 Å². The van der Waals surface area contributed by atoms with Crippen molar-refractivity contribution < 1.29 is 84.7 Å². The van der Waals surface area contributed by atoms with E-state index in [4.69, 9.17) is 0 Å². The Morgan fingerprint density at radius 3 is 1.45 bits per heavy atom. The van der Waals surface area contributed by atoms with Crippen LogP contribution in [0.5, 0.6) is 11.5 Å². The SMILES string of the molecule is CC(C#N)(CCC(=O)Oc1c(F)c(F)cc2c(F)c(F)c(F)c(F)c12)N=NC(C)(C#N)CCC(=O)Oc1c(F)c(F)c(S(=O)(=O)O)c2c(F)c(F)c(F)c(F)c12. The number of hydrogen-bond donors (Lipinski definition) is 1. The first-order chi connectivity index (χ1) is 25.8. The molecule has 0 aliphatic carbocycles. The average molecular weight is 829 g/mol. The van der Waals surface area contributed by atoms with Crippen LogP contribution in [-0.4, -0.2) is 36.0 Å². The van der Waals surface area contributed by atoms with Crippen LogP contribution in [0.15, 0.2) is 21.2 Å². The van der Waals surface area contributed by atoms with Gasteiger partial charge in [-0.05, 0) is 32.8 Å². The van der Waals surface area contributed by atoms with Gasteiger partial charge in [-0.1, -0.05) is 0 Å². The third-order valence-electron chi connectivity index (χ3n) is 7.82. The summed E-state index contributed by atoms with van der Waals surface area (Å²) in [6.07, 6.45) is -3.67. The van der Waals surface area contributed by atoms with Crippen LogP contribution >= 0.6 is 0 Å². The standard InChI is InChI=1S/C32H16F12N4O7S/c1-31(8-45,5-3-12(49)54-28-14-10(7-11(33)18(28)35)17(34)22(39)23(40)19(14)36)47-48-32(2,9-46)6-4-13(50)55-29-15-16(21(38)25(42)24(41)20(15)37)30(56(51,52)53)27(44)26(29)43/h7H,3-6H2,1-2H3,(H,51,52,53). The van der Waals surface area contributed by atoms with E-state index in [9.17, 15) is 85.8 Å². The zero-order valence-electron chi connectivity index (χ0n) is 27.5. The molecule has 0 aromatic heterocycles. The van der Waals surface area contributed by atoms with Crippen molar-refractivity contribution in [3.63, 3.8) is 0 Å². The van der Waals surface area contributed by atoms with Gasteiger partial charge < -0.3 is 9.47 Å². The highest BCUT2D eigenvalue weighted by molar-refractivity contribution is 7.86. The number of esters is 2. The van der Waals surface area contributed by atoms with Gasteiger partial charge >= 0.3 is 11.9 Å². The normalized spacial score (nSPS) is 14.0. The Morgan fingerprint density at radius 1 is 0.625 bits per heavy atom. The lowest BCUT2D eigenvalue weighted by atomic mass is 9.97. The molecule has 0 bridgehead atoms. The summed E-state index contributed by atoms with van der Waals surface area (Å²) in [4.78, 5) is 22.8. The van der Waals surface area contributed by atoms with Gasteiger partial charge in [0.15, 0.2) is 80.7 Å². The summed E-state index contributed by atoms with van der Waals surface area (Å²) in [7, 11) is -6.03. The van der Waals surface area contributed by atoms with Crippen LogP contribution in [0.4, 0.5) is 52.7 Å². The molecule has 56 heavy (non-hydrogen) atoms. The lowest BCUT2D eigenvalue weighted by molar-refractivity contribution is -0.135. The number of nitrogens with zero attached hydrogens (tertiary/aromatic N) is 4. The van der Waals surface area contributed by atoms with E-state index in [1.807, 2.05) is 0 Å². The Balaban J connectivity index is 1.55. The number of benzene rings is 4. The van der Waals surface area contributed by atoms with E-state index in [0.29, 0.717) is 0 Å². The van der Waals surface area contributed by atoms with Gasteiger partial charge in [0.2, 0.25) is 11.6 Å². The topological polar surface area (TPSA) is 179 Å². The number of carbonyl (C=O) groups is 2. The minimum Gasteiger partial charge on any atom is -0.422 e. The Hall–Kier alpha value is -6.01. The number of fused-ring (bicyclic) bond motifs is 2. The maximum absolute atomic E-state index is 14.9. The molecule has 0 heterocycles. The number of carbonyl (C=O) groups excluding carboxylic acids is 2. The van der Waals surface area contributed by atoms with Gasteiger partial charge in [0, 0.05) is 18.2 Å². The number of halogens is 12. The number of rotatable bonds is 11. The molecule has 0 saturated carbocycles.